The molecule has 8 heteroatoms. The summed E-state index contributed by atoms with van der Waals surface area (Å²) in [5.41, 5.74) is 0. The molecule has 1 N–H and O–H groups in total. The Hall–Kier alpha value is -1.31. The van der Waals surface area contributed by atoms with Gasteiger partial charge in [0, 0.05) is 13.1 Å². The van der Waals surface area contributed by atoms with Crippen LogP contribution in [0.4, 0.5) is 13.2 Å². The van der Waals surface area contributed by atoms with Gasteiger partial charge in [0.25, 0.3) is 0 Å². The molecule has 0 aliphatic carbocycles. The fourth-order valence-corrected chi connectivity index (χ4v) is 1.32. The van der Waals surface area contributed by atoms with Crippen LogP contribution in [0.25, 0.3) is 0 Å². The van der Waals surface area contributed by atoms with Gasteiger partial charge in [0.05, 0.1) is 18.9 Å². The third kappa shape index (κ3) is 8.41. The van der Waals surface area contributed by atoms with E-state index in [0.717, 1.165) is 0 Å². The lowest BCUT2D eigenvalue weighted by Crippen LogP contribution is -2.37. The maximum Gasteiger partial charge on any atom is 0.411 e. The molecule has 0 aliphatic heterocycles. The van der Waals surface area contributed by atoms with Crippen LogP contribution in [0.2, 0.25) is 0 Å². The number of rotatable bonds is 8. The molecule has 0 aliphatic rings. The van der Waals surface area contributed by atoms with E-state index in [2.05, 4.69) is 4.74 Å². The average Bonchev–Trinajstić information content (AvgIpc) is 2.29. The van der Waals surface area contributed by atoms with Gasteiger partial charge in [-0.15, -0.1) is 0 Å². The maximum atomic E-state index is 11.8. The molecule has 0 bridgehead atoms. The number of carboxylic acids is 1. The minimum Gasteiger partial charge on any atom is -0.481 e. The predicted molar refractivity (Wildman–Crippen MR) is 60.5 cm³/mol. The highest BCUT2D eigenvalue weighted by molar-refractivity contribution is 5.77. The first-order valence-electron chi connectivity index (χ1n) is 5.82. The van der Waals surface area contributed by atoms with E-state index in [1.165, 1.54) is 11.8 Å². The van der Waals surface area contributed by atoms with Crippen molar-refractivity contribution >= 4 is 11.9 Å². The second-order valence-electron chi connectivity index (χ2n) is 4.09. The van der Waals surface area contributed by atoms with Crippen LogP contribution in [0.3, 0.4) is 0 Å². The SMILES string of the molecule is CCN(CC(C)C(=O)O)C(=O)CCOCC(F)(F)F. The third-order valence-corrected chi connectivity index (χ3v) is 2.38. The smallest absolute Gasteiger partial charge is 0.411 e. The van der Waals surface area contributed by atoms with Gasteiger partial charge in [-0.1, -0.05) is 6.92 Å². The Bertz CT molecular complexity index is 307. The van der Waals surface area contributed by atoms with Crippen LogP contribution < -0.4 is 0 Å². The molecule has 19 heavy (non-hydrogen) atoms. The molecule has 1 unspecified atom stereocenters. The minimum atomic E-state index is -4.41. The number of ether oxygens (including phenoxy) is 1. The molecule has 0 aromatic heterocycles. The Morgan fingerprint density at radius 1 is 1.37 bits per heavy atom. The van der Waals surface area contributed by atoms with Crippen molar-refractivity contribution in [3.05, 3.63) is 0 Å². The molecule has 0 aromatic rings. The van der Waals surface area contributed by atoms with Crippen molar-refractivity contribution in [3.63, 3.8) is 0 Å². The number of carboxylic acid groups (broad SMARTS) is 1. The second kappa shape index (κ2) is 7.98. The van der Waals surface area contributed by atoms with Gasteiger partial charge in [0.1, 0.15) is 6.61 Å². The number of nitrogens with zero attached hydrogens (tertiary/aromatic N) is 1. The van der Waals surface area contributed by atoms with Crippen molar-refractivity contribution in [1.29, 1.82) is 0 Å². The van der Waals surface area contributed by atoms with E-state index in [0.29, 0.717) is 6.54 Å². The van der Waals surface area contributed by atoms with Gasteiger partial charge in [-0.3, -0.25) is 9.59 Å². The topological polar surface area (TPSA) is 66.8 Å². The zero-order valence-corrected chi connectivity index (χ0v) is 10.9. The lowest BCUT2D eigenvalue weighted by molar-refractivity contribution is -0.175. The number of halogens is 3. The molecule has 0 spiro atoms. The van der Waals surface area contributed by atoms with Crippen molar-refractivity contribution < 1.29 is 32.6 Å². The Labute approximate surface area is 109 Å². The first-order valence-corrected chi connectivity index (χ1v) is 5.82. The van der Waals surface area contributed by atoms with E-state index in [9.17, 15) is 22.8 Å². The summed E-state index contributed by atoms with van der Waals surface area (Å²) >= 11 is 0. The van der Waals surface area contributed by atoms with E-state index in [1.54, 1.807) is 6.92 Å². The summed E-state index contributed by atoms with van der Waals surface area (Å²) in [6, 6.07) is 0. The molecule has 1 amide bonds. The third-order valence-electron chi connectivity index (χ3n) is 2.38. The lowest BCUT2D eigenvalue weighted by Gasteiger charge is -2.23. The lowest BCUT2D eigenvalue weighted by atomic mass is 10.1. The highest BCUT2D eigenvalue weighted by Crippen LogP contribution is 2.14. The Morgan fingerprint density at radius 3 is 2.37 bits per heavy atom. The van der Waals surface area contributed by atoms with Crippen molar-refractivity contribution in [2.75, 3.05) is 26.3 Å². The first-order chi connectivity index (χ1) is 8.67. The summed E-state index contributed by atoms with van der Waals surface area (Å²) < 4.78 is 39.7. The van der Waals surface area contributed by atoms with E-state index in [1.807, 2.05) is 0 Å². The fraction of sp³-hybridized carbons (Fsp3) is 0.818. The van der Waals surface area contributed by atoms with Crippen molar-refractivity contribution in [1.82, 2.24) is 4.90 Å². The number of hydrogen-bond donors (Lipinski definition) is 1. The van der Waals surface area contributed by atoms with E-state index >= 15 is 0 Å². The highest BCUT2D eigenvalue weighted by atomic mass is 19.4. The van der Waals surface area contributed by atoms with Gasteiger partial charge in [-0.05, 0) is 6.92 Å². The summed E-state index contributed by atoms with van der Waals surface area (Å²) in [4.78, 5) is 23.6. The molecule has 0 saturated carbocycles. The number of carbonyl (C=O) groups is 2. The standard InChI is InChI=1S/C11H18F3NO4/c1-3-15(6-8(2)10(17)18)9(16)4-5-19-7-11(12,13)14/h8H,3-7H2,1-2H3,(H,17,18). The zero-order valence-electron chi connectivity index (χ0n) is 10.9. The van der Waals surface area contributed by atoms with E-state index in [-0.39, 0.29) is 19.6 Å². The Morgan fingerprint density at radius 2 is 1.95 bits per heavy atom. The predicted octanol–water partition coefficient (Wildman–Crippen LogP) is 1.52. The largest absolute Gasteiger partial charge is 0.481 e. The number of alkyl halides is 3. The first kappa shape index (κ1) is 17.7. The van der Waals surface area contributed by atoms with Crippen LogP contribution in [0.15, 0.2) is 0 Å². The summed E-state index contributed by atoms with van der Waals surface area (Å²) in [5, 5.41) is 8.72. The molecule has 0 radical (unpaired) electrons. The van der Waals surface area contributed by atoms with Gasteiger partial charge >= 0.3 is 12.1 Å². The van der Waals surface area contributed by atoms with Gasteiger partial charge in [0.2, 0.25) is 5.91 Å². The second-order valence-corrected chi connectivity index (χ2v) is 4.09. The Kier molecular flexibility index (Phi) is 7.43. The Balaban J connectivity index is 4.05. The zero-order chi connectivity index (χ0) is 15.1. The molecule has 0 fully saturated rings. The van der Waals surface area contributed by atoms with E-state index in [4.69, 9.17) is 5.11 Å². The normalized spacial score (nSPS) is 13.1. The van der Waals surface area contributed by atoms with Gasteiger partial charge in [-0.2, -0.15) is 13.2 Å². The number of hydrogen-bond acceptors (Lipinski definition) is 3. The molecular formula is C11H18F3NO4. The van der Waals surface area contributed by atoms with Crippen molar-refractivity contribution in [3.8, 4) is 0 Å². The van der Waals surface area contributed by atoms with Crippen LogP contribution in [0.5, 0.6) is 0 Å². The van der Waals surface area contributed by atoms with Crippen LogP contribution >= 0.6 is 0 Å². The molecule has 0 rings (SSSR count). The van der Waals surface area contributed by atoms with Gasteiger partial charge in [-0.25, -0.2) is 0 Å². The molecule has 112 valence electrons. The summed E-state index contributed by atoms with van der Waals surface area (Å²) in [5.74, 6) is -2.17. The van der Waals surface area contributed by atoms with Crippen LogP contribution in [0, 0.1) is 5.92 Å². The molecule has 0 saturated heterocycles. The van der Waals surface area contributed by atoms with Crippen molar-refractivity contribution in [2.45, 2.75) is 26.4 Å². The molecule has 5 nitrogen and oxygen atoms in total. The molecule has 1 atom stereocenters. The monoisotopic (exact) mass is 285 g/mol. The number of amides is 1. The average molecular weight is 285 g/mol. The maximum absolute atomic E-state index is 11.8. The summed E-state index contributed by atoms with van der Waals surface area (Å²) in [7, 11) is 0. The number of aliphatic carboxylic acids is 1. The van der Waals surface area contributed by atoms with Gasteiger partial charge in [0.15, 0.2) is 0 Å². The number of carbonyl (C=O) groups excluding carboxylic acids is 1. The van der Waals surface area contributed by atoms with Crippen LogP contribution in [-0.4, -0.2) is 54.4 Å². The molecule has 0 aromatic carbocycles. The summed E-state index contributed by atoms with van der Waals surface area (Å²) in [6.45, 7) is 1.73. The fourth-order valence-electron chi connectivity index (χ4n) is 1.32. The minimum absolute atomic E-state index is 0.0317. The van der Waals surface area contributed by atoms with Gasteiger partial charge < -0.3 is 14.7 Å². The van der Waals surface area contributed by atoms with Crippen LogP contribution in [0.1, 0.15) is 20.3 Å². The molecular weight excluding hydrogens is 267 g/mol. The van der Waals surface area contributed by atoms with E-state index < -0.39 is 30.6 Å². The van der Waals surface area contributed by atoms with Crippen molar-refractivity contribution in [2.24, 2.45) is 5.92 Å². The quantitative estimate of drug-likeness (QED) is 0.687. The molecule has 0 heterocycles. The highest BCUT2D eigenvalue weighted by Gasteiger charge is 2.27. The summed E-state index contributed by atoms with van der Waals surface area (Å²) in [6.07, 6.45) is -4.61. The van der Waals surface area contributed by atoms with Crippen LogP contribution in [-0.2, 0) is 14.3 Å².